The van der Waals surface area contributed by atoms with Gasteiger partial charge in [-0.1, -0.05) is 30.3 Å². The SMILES string of the molecule is ClC(Cl)c1ccccc1.[Cl][Zr]. The van der Waals surface area contributed by atoms with E-state index < -0.39 is 4.84 Å². The Morgan fingerprint density at radius 3 is 1.73 bits per heavy atom. The molecule has 0 spiro atoms. The van der Waals surface area contributed by atoms with E-state index in [2.05, 4.69) is 0 Å². The van der Waals surface area contributed by atoms with Gasteiger partial charge in [-0.2, -0.15) is 0 Å². The fourth-order valence-electron chi connectivity index (χ4n) is 0.599. The van der Waals surface area contributed by atoms with Crippen molar-refractivity contribution in [3.8, 4) is 0 Å². The van der Waals surface area contributed by atoms with Gasteiger partial charge in [-0.15, -0.1) is 23.2 Å². The number of halogens is 3. The number of benzene rings is 1. The van der Waals surface area contributed by atoms with Crippen LogP contribution in [-0.2, 0) is 23.5 Å². The third-order valence-corrected chi connectivity index (χ3v) is 1.56. The number of rotatable bonds is 1. The Balaban J connectivity index is 0.000000461. The van der Waals surface area contributed by atoms with Crippen molar-refractivity contribution in [3.63, 3.8) is 0 Å². The van der Waals surface area contributed by atoms with Gasteiger partial charge in [0.15, 0.2) is 0 Å². The van der Waals surface area contributed by atoms with Gasteiger partial charge in [0.05, 0.1) is 0 Å². The van der Waals surface area contributed by atoms with Crippen LogP contribution in [0, 0.1) is 0 Å². The molecule has 0 heterocycles. The van der Waals surface area contributed by atoms with Crippen molar-refractivity contribution < 1.29 is 23.5 Å². The first-order valence-electron chi connectivity index (χ1n) is 2.82. The Labute approximate surface area is 95.2 Å². The van der Waals surface area contributed by atoms with Crippen LogP contribution in [0.15, 0.2) is 30.3 Å². The van der Waals surface area contributed by atoms with Gasteiger partial charge in [0.1, 0.15) is 4.84 Å². The molecule has 4 heteroatoms. The van der Waals surface area contributed by atoms with Crippen molar-refractivity contribution in [2.24, 2.45) is 0 Å². The first-order chi connectivity index (χ1) is 5.30. The van der Waals surface area contributed by atoms with Crippen LogP contribution in [0.25, 0.3) is 0 Å². The summed E-state index contributed by atoms with van der Waals surface area (Å²) in [6.45, 7) is 0. The summed E-state index contributed by atoms with van der Waals surface area (Å²) in [5.74, 6) is 0. The quantitative estimate of drug-likeness (QED) is 0.688. The molecule has 0 N–H and O–H groups in total. The van der Waals surface area contributed by atoms with Crippen LogP contribution in [-0.4, -0.2) is 0 Å². The van der Waals surface area contributed by atoms with E-state index in [1.165, 1.54) is 0 Å². The number of hydrogen-bond donors (Lipinski definition) is 0. The third kappa shape index (κ3) is 5.25. The molecule has 0 saturated heterocycles. The van der Waals surface area contributed by atoms with E-state index in [0.717, 1.165) is 29.1 Å². The predicted molar refractivity (Wildman–Crippen MR) is 46.7 cm³/mol. The Morgan fingerprint density at radius 1 is 1.00 bits per heavy atom. The van der Waals surface area contributed by atoms with Crippen LogP contribution < -0.4 is 0 Å². The van der Waals surface area contributed by atoms with Crippen molar-refractivity contribution >= 4 is 31.7 Å². The standard InChI is InChI=1S/C7H6Cl2.ClH.Zr/c8-7(9)6-4-2-1-3-5-6;;/h1-5,7H;1H;/q;;+1/p-1. The monoisotopic (exact) mass is 285 g/mol. The van der Waals surface area contributed by atoms with Crippen molar-refractivity contribution in [1.29, 1.82) is 0 Å². The minimum atomic E-state index is -0.397. The third-order valence-electron chi connectivity index (χ3n) is 1.05. The zero-order valence-electron chi connectivity index (χ0n) is 5.60. The first-order valence-corrected chi connectivity index (χ1v) is 6.86. The molecule has 0 aliphatic rings. The predicted octanol–water partition coefficient (Wildman–Crippen LogP) is 3.85. The Bertz CT molecular complexity index is 176. The maximum absolute atomic E-state index is 5.57. The maximum atomic E-state index is 5.57. The summed E-state index contributed by atoms with van der Waals surface area (Å²) in [6.07, 6.45) is 0. The molecule has 1 aromatic carbocycles. The molecule has 0 nitrogen and oxygen atoms in total. The van der Waals surface area contributed by atoms with Crippen LogP contribution in [0.5, 0.6) is 0 Å². The van der Waals surface area contributed by atoms with Gasteiger partial charge in [-0.05, 0) is 5.56 Å². The summed E-state index contributed by atoms with van der Waals surface area (Å²) in [7, 11) is 4.73. The van der Waals surface area contributed by atoms with Crippen molar-refractivity contribution in [2.75, 3.05) is 0 Å². The molecule has 0 atom stereocenters. The van der Waals surface area contributed by atoms with Crippen LogP contribution in [0.3, 0.4) is 0 Å². The second-order valence-electron chi connectivity index (χ2n) is 1.71. The molecule has 0 aromatic heterocycles. The van der Waals surface area contributed by atoms with E-state index in [4.69, 9.17) is 31.7 Å². The van der Waals surface area contributed by atoms with Crippen molar-refractivity contribution in [2.45, 2.75) is 4.84 Å². The second-order valence-corrected chi connectivity index (χ2v) is 2.81. The average Bonchev–Trinajstić information content (AvgIpc) is 2.10. The molecule has 0 aliphatic heterocycles. The van der Waals surface area contributed by atoms with Gasteiger partial charge in [0.25, 0.3) is 0 Å². The summed E-state index contributed by atoms with van der Waals surface area (Å²) in [5, 5.41) is 0. The normalized spacial score (nSPS) is 8.64. The first kappa shape index (κ1) is 12.0. The molecule has 0 radical (unpaired) electrons. The van der Waals surface area contributed by atoms with Gasteiger partial charge >= 0.3 is 32.0 Å². The molecule has 59 valence electrons. The number of alkyl halides is 2. The summed E-state index contributed by atoms with van der Waals surface area (Å²) in [5.41, 5.74) is 0.945. The zero-order chi connectivity index (χ0) is 8.69. The van der Waals surface area contributed by atoms with E-state index in [1.807, 2.05) is 30.3 Å². The molecule has 0 amide bonds. The second kappa shape index (κ2) is 7.61. The summed E-state index contributed by atoms with van der Waals surface area (Å²) in [4.78, 5) is -0.397. The van der Waals surface area contributed by atoms with Crippen LogP contribution in [0.4, 0.5) is 0 Å². The van der Waals surface area contributed by atoms with E-state index in [9.17, 15) is 0 Å². The molecular weight excluding hydrogens is 282 g/mol. The van der Waals surface area contributed by atoms with Crippen molar-refractivity contribution in [1.82, 2.24) is 0 Å². The molecular formula is C7H6Cl3Zr. The zero-order valence-corrected chi connectivity index (χ0v) is 10.3. The topological polar surface area (TPSA) is 0 Å². The van der Waals surface area contributed by atoms with E-state index in [1.54, 1.807) is 0 Å². The molecule has 1 rings (SSSR count). The van der Waals surface area contributed by atoms with Gasteiger partial charge in [0, 0.05) is 0 Å². The summed E-state index contributed by atoms with van der Waals surface area (Å²) >= 11 is 12.2. The van der Waals surface area contributed by atoms with Crippen LogP contribution in [0.1, 0.15) is 10.4 Å². The van der Waals surface area contributed by atoms with E-state index in [0.29, 0.717) is 0 Å². The van der Waals surface area contributed by atoms with Gasteiger partial charge in [0.2, 0.25) is 0 Å². The van der Waals surface area contributed by atoms with Crippen LogP contribution >= 0.6 is 31.7 Å². The van der Waals surface area contributed by atoms with Gasteiger partial charge < -0.3 is 0 Å². The Hall–Kier alpha value is 0.973. The molecule has 1 aromatic rings. The molecule has 0 bridgehead atoms. The van der Waals surface area contributed by atoms with Crippen LogP contribution in [0.2, 0.25) is 0 Å². The molecule has 11 heavy (non-hydrogen) atoms. The molecule has 0 aliphatic carbocycles. The molecule has 0 saturated carbocycles. The number of hydrogen-bond acceptors (Lipinski definition) is 0. The molecule has 0 fully saturated rings. The van der Waals surface area contributed by atoms with Crippen molar-refractivity contribution in [3.05, 3.63) is 35.9 Å². The molecule has 0 unspecified atom stereocenters. The summed E-state index contributed by atoms with van der Waals surface area (Å²) < 4.78 is 0. The fourth-order valence-corrected chi connectivity index (χ4v) is 0.889. The Kier molecular flexibility index (Phi) is 8.29. The van der Waals surface area contributed by atoms with Gasteiger partial charge in [-0.3, -0.25) is 0 Å². The fraction of sp³-hybridized carbons (Fsp3) is 0.143. The Morgan fingerprint density at radius 2 is 1.45 bits per heavy atom. The summed E-state index contributed by atoms with van der Waals surface area (Å²) in [6, 6.07) is 9.54. The minimum absolute atomic E-state index is 0.397. The van der Waals surface area contributed by atoms with E-state index in [-0.39, 0.29) is 0 Å². The van der Waals surface area contributed by atoms with Gasteiger partial charge in [-0.25, -0.2) is 0 Å². The average molecular weight is 288 g/mol. The van der Waals surface area contributed by atoms with E-state index >= 15 is 0 Å².